The Balaban J connectivity index is 2.15. The molecule has 0 amide bonds. The van der Waals surface area contributed by atoms with E-state index in [4.69, 9.17) is 15.2 Å². The zero-order valence-corrected chi connectivity index (χ0v) is 12.3. The van der Waals surface area contributed by atoms with Crippen molar-refractivity contribution < 1.29 is 14.3 Å². The first kappa shape index (κ1) is 14.5. The molecule has 2 unspecified atom stereocenters. The molecule has 0 bridgehead atoms. The lowest BCUT2D eigenvalue weighted by Gasteiger charge is -2.35. The van der Waals surface area contributed by atoms with Crippen LogP contribution in [0.15, 0.2) is 18.2 Å². The number of nitrogens with zero attached hydrogens (tertiary/aromatic N) is 1. The number of nitrogen functional groups attached to an aromatic ring is 1. The van der Waals surface area contributed by atoms with Crippen LogP contribution in [0.5, 0.6) is 5.75 Å². The Bertz CT molecular complexity index is 490. The Morgan fingerprint density at radius 2 is 2.35 bits per heavy atom. The first-order valence-electron chi connectivity index (χ1n) is 7.00. The number of para-hydroxylation sites is 1. The Kier molecular flexibility index (Phi) is 4.37. The van der Waals surface area contributed by atoms with Gasteiger partial charge < -0.3 is 20.1 Å². The summed E-state index contributed by atoms with van der Waals surface area (Å²) in [6.45, 7) is 6.67. The molecule has 2 N–H and O–H groups in total. The molecule has 1 aromatic rings. The second-order valence-corrected chi connectivity index (χ2v) is 5.21. The topological polar surface area (TPSA) is 64.8 Å². The highest BCUT2D eigenvalue weighted by Crippen LogP contribution is 2.38. The number of fused-ring (bicyclic) bond motifs is 1. The molecule has 1 aliphatic heterocycles. The van der Waals surface area contributed by atoms with Gasteiger partial charge in [0.25, 0.3) is 0 Å². The van der Waals surface area contributed by atoms with Crippen LogP contribution >= 0.6 is 0 Å². The molecule has 1 aliphatic rings. The van der Waals surface area contributed by atoms with Gasteiger partial charge in [0.1, 0.15) is 24.1 Å². The molecule has 1 aromatic carbocycles. The minimum absolute atomic E-state index is 0.0145. The van der Waals surface area contributed by atoms with Gasteiger partial charge in [0.05, 0.1) is 18.3 Å². The van der Waals surface area contributed by atoms with Gasteiger partial charge in [0.15, 0.2) is 0 Å². The normalized spacial score (nSPS) is 18.9. The lowest BCUT2D eigenvalue weighted by atomic mass is 10.1. The standard InChI is InChI=1S/C15H22N2O3/c1-4-10(2)20-14(18)9-17-8-11(3)19-13-7-5-6-12(16)15(13)17/h5-7,10-11H,4,8-9,16H2,1-3H3. The number of ether oxygens (including phenoxy) is 2. The molecular formula is C15H22N2O3. The van der Waals surface area contributed by atoms with E-state index in [1.807, 2.05) is 43.9 Å². The zero-order valence-electron chi connectivity index (χ0n) is 12.3. The summed E-state index contributed by atoms with van der Waals surface area (Å²) in [6, 6.07) is 5.53. The molecule has 1 heterocycles. The molecule has 0 radical (unpaired) electrons. The highest BCUT2D eigenvalue weighted by atomic mass is 16.5. The number of rotatable bonds is 4. The molecule has 0 fully saturated rings. The summed E-state index contributed by atoms with van der Waals surface area (Å²) in [4.78, 5) is 13.9. The van der Waals surface area contributed by atoms with Gasteiger partial charge in [-0.15, -0.1) is 0 Å². The molecule has 2 rings (SSSR count). The van der Waals surface area contributed by atoms with Gasteiger partial charge in [-0.25, -0.2) is 0 Å². The third-order valence-corrected chi connectivity index (χ3v) is 3.38. The molecule has 5 nitrogen and oxygen atoms in total. The van der Waals surface area contributed by atoms with Gasteiger partial charge in [-0.3, -0.25) is 4.79 Å². The van der Waals surface area contributed by atoms with Crippen molar-refractivity contribution in [2.75, 3.05) is 23.7 Å². The Morgan fingerprint density at radius 1 is 1.60 bits per heavy atom. The molecular weight excluding hydrogens is 256 g/mol. The maximum Gasteiger partial charge on any atom is 0.325 e. The number of benzene rings is 1. The maximum atomic E-state index is 12.0. The van der Waals surface area contributed by atoms with E-state index in [1.54, 1.807) is 0 Å². The number of carbonyl (C=O) groups excluding carboxylic acids is 1. The van der Waals surface area contributed by atoms with Crippen molar-refractivity contribution in [3.05, 3.63) is 18.2 Å². The zero-order chi connectivity index (χ0) is 14.7. The van der Waals surface area contributed by atoms with Crippen LogP contribution in [0, 0.1) is 0 Å². The maximum absolute atomic E-state index is 12.0. The summed E-state index contributed by atoms with van der Waals surface area (Å²) in [6.07, 6.45) is 0.763. The smallest absolute Gasteiger partial charge is 0.325 e. The predicted molar refractivity (Wildman–Crippen MR) is 79.0 cm³/mol. The number of hydrogen-bond donors (Lipinski definition) is 1. The number of carbonyl (C=O) groups is 1. The van der Waals surface area contributed by atoms with E-state index in [0.717, 1.165) is 17.9 Å². The Morgan fingerprint density at radius 3 is 3.05 bits per heavy atom. The highest BCUT2D eigenvalue weighted by Gasteiger charge is 2.27. The lowest BCUT2D eigenvalue weighted by Crippen LogP contribution is -2.42. The summed E-state index contributed by atoms with van der Waals surface area (Å²) >= 11 is 0. The number of hydrogen-bond acceptors (Lipinski definition) is 5. The molecule has 110 valence electrons. The van der Waals surface area contributed by atoms with E-state index in [2.05, 4.69) is 0 Å². The number of anilines is 2. The van der Waals surface area contributed by atoms with Gasteiger partial charge in [0, 0.05) is 0 Å². The number of esters is 1. The molecule has 5 heteroatoms. The van der Waals surface area contributed by atoms with Gasteiger partial charge in [0.2, 0.25) is 0 Å². The average Bonchev–Trinajstić information content (AvgIpc) is 2.37. The lowest BCUT2D eigenvalue weighted by molar-refractivity contribution is -0.146. The van der Waals surface area contributed by atoms with E-state index >= 15 is 0 Å². The summed E-state index contributed by atoms with van der Waals surface area (Å²) < 4.78 is 11.1. The third-order valence-electron chi connectivity index (χ3n) is 3.38. The minimum atomic E-state index is -0.234. The first-order valence-corrected chi connectivity index (χ1v) is 7.00. The van der Waals surface area contributed by atoms with Crippen LogP contribution in [0.2, 0.25) is 0 Å². The van der Waals surface area contributed by atoms with Gasteiger partial charge in [-0.05, 0) is 32.4 Å². The second-order valence-electron chi connectivity index (χ2n) is 5.21. The van der Waals surface area contributed by atoms with Crippen molar-refractivity contribution in [3.63, 3.8) is 0 Å². The van der Waals surface area contributed by atoms with Crippen molar-refractivity contribution in [3.8, 4) is 5.75 Å². The fraction of sp³-hybridized carbons (Fsp3) is 0.533. The molecule has 0 spiro atoms. The van der Waals surface area contributed by atoms with Crippen LogP contribution in [0.3, 0.4) is 0 Å². The van der Waals surface area contributed by atoms with Crippen molar-refractivity contribution in [1.82, 2.24) is 0 Å². The van der Waals surface area contributed by atoms with Crippen molar-refractivity contribution in [2.45, 2.75) is 39.4 Å². The predicted octanol–water partition coefficient (Wildman–Crippen LogP) is 2.20. The molecule has 2 atom stereocenters. The van der Waals surface area contributed by atoms with E-state index < -0.39 is 0 Å². The molecule has 20 heavy (non-hydrogen) atoms. The summed E-state index contributed by atoms with van der Waals surface area (Å²) in [5.74, 6) is 0.489. The average molecular weight is 278 g/mol. The van der Waals surface area contributed by atoms with Gasteiger partial charge in [-0.1, -0.05) is 13.0 Å². The SMILES string of the molecule is CCC(C)OC(=O)CN1CC(C)Oc2cccc(N)c21. The van der Waals surface area contributed by atoms with Crippen LogP contribution in [-0.2, 0) is 9.53 Å². The first-order chi connectivity index (χ1) is 9.51. The van der Waals surface area contributed by atoms with Crippen LogP contribution in [0.4, 0.5) is 11.4 Å². The van der Waals surface area contributed by atoms with Crippen molar-refractivity contribution >= 4 is 17.3 Å². The van der Waals surface area contributed by atoms with Crippen LogP contribution in [0.1, 0.15) is 27.2 Å². The fourth-order valence-corrected chi connectivity index (χ4v) is 2.27. The highest BCUT2D eigenvalue weighted by molar-refractivity contribution is 5.82. The summed E-state index contributed by atoms with van der Waals surface area (Å²) in [5, 5.41) is 0. The van der Waals surface area contributed by atoms with E-state index in [-0.39, 0.29) is 24.7 Å². The van der Waals surface area contributed by atoms with E-state index in [9.17, 15) is 4.79 Å². The summed E-state index contributed by atoms with van der Waals surface area (Å²) in [7, 11) is 0. The number of nitrogens with two attached hydrogens (primary N) is 1. The third kappa shape index (κ3) is 3.15. The second kappa shape index (κ2) is 6.03. The fourth-order valence-electron chi connectivity index (χ4n) is 2.27. The quantitative estimate of drug-likeness (QED) is 0.675. The molecule has 0 aromatic heterocycles. The van der Waals surface area contributed by atoms with Crippen molar-refractivity contribution in [1.29, 1.82) is 0 Å². The molecule has 0 saturated carbocycles. The Labute approximate surface area is 119 Å². The van der Waals surface area contributed by atoms with Crippen LogP contribution in [-0.4, -0.2) is 31.3 Å². The van der Waals surface area contributed by atoms with Crippen LogP contribution in [0.25, 0.3) is 0 Å². The van der Waals surface area contributed by atoms with Crippen molar-refractivity contribution in [2.24, 2.45) is 0 Å². The van der Waals surface area contributed by atoms with Crippen LogP contribution < -0.4 is 15.4 Å². The minimum Gasteiger partial charge on any atom is -0.487 e. The monoisotopic (exact) mass is 278 g/mol. The molecule has 0 aliphatic carbocycles. The van der Waals surface area contributed by atoms with Gasteiger partial charge in [-0.2, -0.15) is 0 Å². The summed E-state index contributed by atoms with van der Waals surface area (Å²) in [5.41, 5.74) is 7.41. The largest absolute Gasteiger partial charge is 0.487 e. The van der Waals surface area contributed by atoms with E-state index in [1.165, 1.54) is 0 Å². The molecule has 0 saturated heterocycles. The Hall–Kier alpha value is -1.91. The van der Waals surface area contributed by atoms with Gasteiger partial charge >= 0.3 is 5.97 Å². The van der Waals surface area contributed by atoms with E-state index in [0.29, 0.717) is 12.2 Å².